The molecule has 1 aromatic rings. The van der Waals surface area contributed by atoms with Crippen LogP contribution in [0.2, 0.25) is 0 Å². The summed E-state index contributed by atoms with van der Waals surface area (Å²) in [6, 6.07) is 2.42. The summed E-state index contributed by atoms with van der Waals surface area (Å²) in [7, 11) is 0. The van der Waals surface area contributed by atoms with Gasteiger partial charge in [0.05, 0.1) is 16.6 Å². The predicted molar refractivity (Wildman–Crippen MR) is 67.1 cm³/mol. The number of nitrogens with two attached hydrogens (primary N) is 2. The Morgan fingerprint density at radius 1 is 1.39 bits per heavy atom. The molecule has 1 atom stereocenters. The summed E-state index contributed by atoms with van der Waals surface area (Å²) in [5.41, 5.74) is 11.6. The number of hydrogen-bond acceptors (Lipinski definition) is 6. The molecule has 0 bridgehead atoms. The SMILES string of the molecule is Cl.NCC[C@@H](N)c1cc2c(cc1[N+](=O)[O-])OCO2. The van der Waals surface area contributed by atoms with E-state index in [0.717, 1.165) is 0 Å². The average molecular weight is 276 g/mol. The second kappa shape index (κ2) is 5.85. The Bertz CT molecular complexity index is 455. The van der Waals surface area contributed by atoms with E-state index in [4.69, 9.17) is 20.9 Å². The van der Waals surface area contributed by atoms with E-state index in [0.29, 0.717) is 30.0 Å². The van der Waals surface area contributed by atoms with Gasteiger partial charge in [-0.1, -0.05) is 0 Å². The van der Waals surface area contributed by atoms with Gasteiger partial charge in [-0.2, -0.15) is 0 Å². The van der Waals surface area contributed by atoms with Gasteiger partial charge in [-0.05, 0) is 19.0 Å². The summed E-state index contributed by atoms with van der Waals surface area (Å²) in [5, 5.41) is 11.0. The smallest absolute Gasteiger partial charge is 0.278 e. The fourth-order valence-corrected chi connectivity index (χ4v) is 1.74. The molecule has 7 nitrogen and oxygen atoms in total. The first-order chi connectivity index (χ1) is 8.13. The van der Waals surface area contributed by atoms with Crippen LogP contribution < -0.4 is 20.9 Å². The molecule has 0 radical (unpaired) electrons. The topological polar surface area (TPSA) is 114 Å². The van der Waals surface area contributed by atoms with Gasteiger partial charge in [0, 0.05) is 6.04 Å². The minimum Gasteiger partial charge on any atom is -0.454 e. The van der Waals surface area contributed by atoms with Crippen LogP contribution in [0.4, 0.5) is 5.69 Å². The minimum absolute atomic E-state index is 0. The standard InChI is InChI=1S/C10H13N3O4.ClH/c11-2-1-7(12)6-3-9-10(17-5-16-9)4-8(6)13(14)15;/h3-4,7H,1-2,5,11-12H2;1H/t7-;/m1./s1. The van der Waals surface area contributed by atoms with Crippen LogP contribution in [0.3, 0.4) is 0 Å². The van der Waals surface area contributed by atoms with Crippen LogP contribution >= 0.6 is 12.4 Å². The molecule has 100 valence electrons. The molecule has 2 rings (SSSR count). The van der Waals surface area contributed by atoms with Gasteiger partial charge in [-0.25, -0.2) is 0 Å². The van der Waals surface area contributed by atoms with Gasteiger partial charge in [0.1, 0.15) is 0 Å². The quantitative estimate of drug-likeness (QED) is 0.628. The van der Waals surface area contributed by atoms with E-state index < -0.39 is 11.0 Å². The van der Waals surface area contributed by atoms with Crippen molar-refractivity contribution in [3.8, 4) is 11.5 Å². The van der Waals surface area contributed by atoms with Gasteiger partial charge in [0.15, 0.2) is 11.5 Å². The maximum Gasteiger partial charge on any atom is 0.278 e. The van der Waals surface area contributed by atoms with Crippen molar-refractivity contribution >= 4 is 18.1 Å². The summed E-state index contributed by atoms with van der Waals surface area (Å²) < 4.78 is 10.3. The lowest BCUT2D eigenvalue weighted by Gasteiger charge is -2.11. The van der Waals surface area contributed by atoms with Crippen LogP contribution in [0.25, 0.3) is 0 Å². The number of ether oxygens (including phenoxy) is 2. The molecule has 0 fully saturated rings. The number of hydrogen-bond donors (Lipinski definition) is 2. The molecule has 0 aliphatic carbocycles. The normalized spacial score (nSPS) is 13.9. The lowest BCUT2D eigenvalue weighted by molar-refractivity contribution is -0.385. The molecule has 8 heteroatoms. The van der Waals surface area contributed by atoms with Gasteiger partial charge < -0.3 is 20.9 Å². The van der Waals surface area contributed by atoms with Crippen molar-refractivity contribution in [2.24, 2.45) is 11.5 Å². The Hall–Kier alpha value is -1.57. The van der Waals surface area contributed by atoms with Gasteiger partial charge in [-0.15, -0.1) is 12.4 Å². The molecule has 1 aromatic carbocycles. The number of rotatable bonds is 4. The highest BCUT2D eigenvalue weighted by Crippen LogP contribution is 2.40. The van der Waals surface area contributed by atoms with E-state index in [2.05, 4.69) is 0 Å². The maximum atomic E-state index is 11.0. The number of nitro groups is 1. The number of nitro benzene ring substituents is 1. The molecule has 0 saturated heterocycles. The summed E-state index contributed by atoms with van der Waals surface area (Å²) in [4.78, 5) is 10.5. The van der Waals surface area contributed by atoms with Gasteiger partial charge in [0.2, 0.25) is 6.79 Å². The van der Waals surface area contributed by atoms with E-state index in [1.54, 1.807) is 6.07 Å². The van der Waals surface area contributed by atoms with Crippen molar-refractivity contribution in [3.63, 3.8) is 0 Å². The van der Waals surface area contributed by atoms with E-state index in [-0.39, 0.29) is 24.9 Å². The Morgan fingerprint density at radius 2 is 2.00 bits per heavy atom. The average Bonchev–Trinajstić information content (AvgIpc) is 2.74. The van der Waals surface area contributed by atoms with Crippen molar-refractivity contribution in [3.05, 3.63) is 27.8 Å². The third-order valence-electron chi connectivity index (χ3n) is 2.60. The van der Waals surface area contributed by atoms with Crippen LogP contribution in [0.5, 0.6) is 11.5 Å². The number of fused-ring (bicyclic) bond motifs is 1. The summed E-state index contributed by atoms with van der Waals surface area (Å²) >= 11 is 0. The van der Waals surface area contributed by atoms with E-state index in [1.807, 2.05) is 0 Å². The first kappa shape index (κ1) is 14.5. The fraction of sp³-hybridized carbons (Fsp3) is 0.400. The second-order valence-corrected chi connectivity index (χ2v) is 3.71. The van der Waals surface area contributed by atoms with E-state index in [9.17, 15) is 10.1 Å². The van der Waals surface area contributed by atoms with Crippen molar-refractivity contribution in [2.75, 3.05) is 13.3 Å². The van der Waals surface area contributed by atoms with Crippen LogP contribution in [0.1, 0.15) is 18.0 Å². The fourth-order valence-electron chi connectivity index (χ4n) is 1.74. The lowest BCUT2D eigenvalue weighted by atomic mass is 10.0. The largest absolute Gasteiger partial charge is 0.454 e. The van der Waals surface area contributed by atoms with Crippen LogP contribution in [-0.4, -0.2) is 18.3 Å². The van der Waals surface area contributed by atoms with E-state index >= 15 is 0 Å². The minimum atomic E-state index is -0.479. The molecule has 1 heterocycles. The number of benzene rings is 1. The van der Waals surface area contributed by atoms with Crippen LogP contribution in [0, 0.1) is 10.1 Å². The molecule has 0 unspecified atom stereocenters. The highest BCUT2D eigenvalue weighted by Gasteiger charge is 2.26. The Morgan fingerprint density at radius 3 is 2.56 bits per heavy atom. The Kier molecular flexibility index (Phi) is 4.71. The zero-order valence-electron chi connectivity index (χ0n) is 9.50. The lowest BCUT2D eigenvalue weighted by Crippen LogP contribution is -2.16. The second-order valence-electron chi connectivity index (χ2n) is 3.71. The summed E-state index contributed by atoms with van der Waals surface area (Å²) in [6.45, 7) is 0.439. The third-order valence-corrected chi connectivity index (χ3v) is 2.60. The molecule has 18 heavy (non-hydrogen) atoms. The predicted octanol–water partition coefficient (Wildman–Crippen LogP) is 1.09. The summed E-state index contributed by atoms with van der Waals surface area (Å²) in [5.74, 6) is 0.860. The number of halogens is 1. The van der Waals surface area contributed by atoms with Gasteiger partial charge >= 0.3 is 0 Å². The monoisotopic (exact) mass is 275 g/mol. The molecular formula is C10H14ClN3O4. The van der Waals surface area contributed by atoms with Gasteiger partial charge in [-0.3, -0.25) is 10.1 Å². The van der Waals surface area contributed by atoms with Crippen LogP contribution in [0.15, 0.2) is 12.1 Å². The molecule has 0 spiro atoms. The van der Waals surface area contributed by atoms with Crippen molar-refractivity contribution in [1.29, 1.82) is 0 Å². The molecule has 0 aromatic heterocycles. The van der Waals surface area contributed by atoms with Crippen LogP contribution in [-0.2, 0) is 0 Å². The Balaban J connectivity index is 0.00000162. The zero-order chi connectivity index (χ0) is 12.4. The third kappa shape index (κ3) is 2.63. The zero-order valence-corrected chi connectivity index (χ0v) is 10.3. The highest BCUT2D eigenvalue weighted by molar-refractivity contribution is 5.85. The molecular weight excluding hydrogens is 262 g/mol. The first-order valence-electron chi connectivity index (χ1n) is 5.17. The highest BCUT2D eigenvalue weighted by atomic mass is 35.5. The molecule has 0 amide bonds. The molecule has 1 aliphatic rings. The maximum absolute atomic E-state index is 11.0. The molecule has 0 saturated carbocycles. The van der Waals surface area contributed by atoms with Crippen molar-refractivity contribution in [1.82, 2.24) is 0 Å². The Labute approximate surface area is 110 Å². The number of nitrogens with zero attached hydrogens (tertiary/aromatic N) is 1. The van der Waals surface area contributed by atoms with Crippen molar-refractivity contribution < 1.29 is 14.4 Å². The molecule has 4 N–H and O–H groups in total. The first-order valence-corrected chi connectivity index (χ1v) is 5.17. The molecule has 1 aliphatic heterocycles. The summed E-state index contributed by atoms with van der Waals surface area (Å²) in [6.07, 6.45) is 0.473. The van der Waals surface area contributed by atoms with Crippen molar-refractivity contribution in [2.45, 2.75) is 12.5 Å². The van der Waals surface area contributed by atoms with Gasteiger partial charge in [0.25, 0.3) is 5.69 Å². The van der Waals surface area contributed by atoms with E-state index in [1.165, 1.54) is 6.07 Å².